The fraction of sp³-hybridized carbons (Fsp3) is 0.250. The van der Waals surface area contributed by atoms with Crippen molar-refractivity contribution < 1.29 is 9.32 Å². The molecule has 1 saturated heterocycles. The highest BCUT2D eigenvalue weighted by molar-refractivity contribution is 6.30. The number of hydrogen-bond donors (Lipinski definition) is 0. The first kappa shape index (κ1) is 16.8. The van der Waals surface area contributed by atoms with E-state index in [4.69, 9.17) is 16.1 Å². The van der Waals surface area contributed by atoms with E-state index in [1.807, 2.05) is 48.2 Å². The molecule has 4 rings (SSSR count). The molecule has 0 saturated carbocycles. The predicted molar refractivity (Wildman–Crippen MR) is 98.9 cm³/mol. The Hall–Kier alpha value is -2.66. The first-order valence-corrected chi connectivity index (χ1v) is 8.89. The van der Waals surface area contributed by atoms with Gasteiger partial charge in [-0.05, 0) is 24.6 Å². The number of aryl methyl sites for hydroxylation is 1. The molecule has 2 aromatic carbocycles. The third-order valence-electron chi connectivity index (χ3n) is 4.55. The Balaban J connectivity index is 1.37. The fourth-order valence-electron chi connectivity index (χ4n) is 3.09. The van der Waals surface area contributed by atoms with Crippen LogP contribution in [0.4, 0.5) is 0 Å². The van der Waals surface area contributed by atoms with E-state index in [9.17, 15) is 4.79 Å². The van der Waals surface area contributed by atoms with Crippen LogP contribution in [-0.4, -0.2) is 34.0 Å². The van der Waals surface area contributed by atoms with Crippen molar-refractivity contribution in [2.75, 3.05) is 13.1 Å². The molecule has 1 aliphatic rings. The van der Waals surface area contributed by atoms with Crippen molar-refractivity contribution in [3.8, 4) is 11.4 Å². The van der Waals surface area contributed by atoms with Crippen LogP contribution in [0.2, 0.25) is 5.02 Å². The molecule has 0 aliphatic carbocycles. The SMILES string of the molecule is Cc1cccc(CC(=O)N2CC(c3nc(-c4cccc(Cl)c4)no3)C2)c1. The van der Waals surface area contributed by atoms with Gasteiger partial charge in [0, 0.05) is 23.7 Å². The Morgan fingerprint density at radius 3 is 2.81 bits per heavy atom. The number of hydrogen-bond acceptors (Lipinski definition) is 4. The monoisotopic (exact) mass is 367 g/mol. The maximum atomic E-state index is 12.4. The molecule has 0 radical (unpaired) electrons. The molecule has 1 fully saturated rings. The molecule has 0 unspecified atom stereocenters. The van der Waals surface area contributed by atoms with Gasteiger partial charge in [0.15, 0.2) is 0 Å². The predicted octanol–water partition coefficient (Wildman–Crippen LogP) is 3.87. The van der Waals surface area contributed by atoms with Gasteiger partial charge in [0.05, 0.1) is 12.3 Å². The third-order valence-corrected chi connectivity index (χ3v) is 4.78. The highest BCUT2D eigenvalue weighted by Crippen LogP contribution is 2.28. The summed E-state index contributed by atoms with van der Waals surface area (Å²) in [5.41, 5.74) is 3.02. The fourth-order valence-corrected chi connectivity index (χ4v) is 3.28. The van der Waals surface area contributed by atoms with Gasteiger partial charge in [0.1, 0.15) is 0 Å². The second-order valence-electron chi connectivity index (χ2n) is 6.63. The minimum absolute atomic E-state index is 0.0943. The highest BCUT2D eigenvalue weighted by Gasteiger charge is 2.35. The Labute approximate surface area is 156 Å². The second kappa shape index (κ2) is 6.92. The molecule has 1 aromatic heterocycles. The maximum Gasteiger partial charge on any atom is 0.233 e. The average molecular weight is 368 g/mol. The van der Waals surface area contributed by atoms with E-state index >= 15 is 0 Å². The van der Waals surface area contributed by atoms with Crippen LogP contribution in [0, 0.1) is 6.92 Å². The molecular weight excluding hydrogens is 350 g/mol. The molecule has 6 heteroatoms. The van der Waals surface area contributed by atoms with E-state index in [0.29, 0.717) is 36.2 Å². The zero-order valence-corrected chi connectivity index (χ0v) is 15.1. The minimum atomic E-state index is 0.0943. The molecular formula is C20H18ClN3O2. The third kappa shape index (κ3) is 3.48. The van der Waals surface area contributed by atoms with Gasteiger partial charge in [-0.2, -0.15) is 4.98 Å². The van der Waals surface area contributed by atoms with Crippen LogP contribution in [0.5, 0.6) is 0 Å². The topological polar surface area (TPSA) is 59.2 Å². The summed E-state index contributed by atoms with van der Waals surface area (Å²) in [6.45, 7) is 3.25. The van der Waals surface area contributed by atoms with Crippen molar-refractivity contribution in [3.05, 3.63) is 70.6 Å². The zero-order valence-electron chi connectivity index (χ0n) is 14.4. The van der Waals surface area contributed by atoms with E-state index in [1.54, 1.807) is 12.1 Å². The van der Waals surface area contributed by atoms with Gasteiger partial charge in [-0.15, -0.1) is 0 Å². The first-order valence-electron chi connectivity index (χ1n) is 8.51. The smallest absolute Gasteiger partial charge is 0.233 e. The molecule has 0 spiro atoms. The summed E-state index contributed by atoms with van der Waals surface area (Å²) >= 11 is 6.00. The van der Waals surface area contributed by atoms with Crippen molar-refractivity contribution in [1.29, 1.82) is 0 Å². The van der Waals surface area contributed by atoms with Crippen LogP contribution in [0.1, 0.15) is 22.9 Å². The van der Waals surface area contributed by atoms with Crippen molar-refractivity contribution in [1.82, 2.24) is 15.0 Å². The summed E-state index contributed by atoms with van der Waals surface area (Å²) < 4.78 is 5.38. The summed E-state index contributed by atoms with van der Waals surface area (Å²) in [5.74, 6) is 1.31. The normalized spacial score (nSPS) is 14.3. The molecule has 0 bridgehead atoms. The summed E-state index contributed by atoms with van der Waals surface area (Å²) in [6, 6.07) is 15.4. The second-order valence-corrected chi connectivity index (χ2v) is 7.06. The summed E-state index contributed by atoms with van der Waals surface area (Å²) in [7, 11) is 0. The number of rotatable bonds is 4. The van der Waals surface area contributed by atoms with Crippen LogP contribution in [0.25, 0.3) is 11.4 Å². The number of carbonyl (C=O) groups is 1. The molecule has 2 heterocycles. The van der Waals surface area contributed by atoms with Crippen LogP contribution in [0.3, 0.4) is 0 Å². The number of halogens is 1. The van der Waals surface area contributed by atoms with Gasteiger partial charge >= 0.3 is 0 Å². The summed E-state index contributed by atoms with van der Waals surface area (Å²) in [5, 5.41) is 4.66. The van der Waals surface area contributed by atoms with Gasteiger partial charge < -0.3 is 9.42 Å². The van der Waals surface area contributed by atoms with Gasteiger partial charge in [-0.1, -0.05) is 58.7 Å². The van der Waals surface area contributed by atoms with Crippen LogP contribution < -0.4 is 0 Å². The van der Waals surface area contributed by atoms with Crippen molar-refractivity contribution >= 4 is 17.5 Å². The number of likely N-dealkylation sites (tertiary alicyclic amines) is 1. The zero-order chi connectivity index (χ0) is 18.1. The number of nitrogens with zero attached hydrogens (tertiary/aromatic N) is 3. The highest BCUT2D eigenvalue weighted by atomic mass is 35.5. The van der Waals surface area contributed by atoms with E-state index in [-0.39, 0.29) is 11.8 Å². The number of amides is 1. The van der Waals surface area contributed by atoms with E-state index in [1.165, 1.54) is 0 Å². The number of benzene rings is 2. The lowest BCUT2D eigenvalue weighted by Crippen LogP contribution is -2.49. The summed E-state index contributed by atoms with van der Waals surface area (Å²) in [6.07, 6.45) is 0.423. The van der Waals surface area contributed by atoms with Crippen molar-refractivity contribution in [2.24, 2.45) is 0 Å². The van der Waals surface area contributed by atoms with Gasteiger partial charge in [-0.3, -0.25) is 4.79 Å². The van der Waals surface area contributed by atoms with E-state index in [0.717, 1.165) is 16.7 Å². The lowest BCUT2D eigenvalue weighted by Gasteiger charge is -2.37. The largest absolute Gasteiger partial charge is 0.341 e. The van der Waals surface area contributed by atoms with Gasteiger partial charge in [0.25, 0.3) is 0 Å². The van der Waals surface area contributed by atoms with E-state index in [2.05, 4.69) is 10.1 Å². The van der Waals surface area contributed by atoms with Gasteiger partial charge in [-0.25, -0.2) is 0 Å². The molecule has 1 amide bonds. The Bertz CT molecular complexity index is 947. The first-order chi connectivity index (χ1) is 12.6. The quantitative estimate of drug-likeness (QED) is 0.702. The minimum Gasteiger partial charge on any atom is -0.341 e. The van der Waals surface area contributed by atoms with Gasteiger partial charge in [0.2, 0.25) is 17.6 Å². The standard InChI is InChI=1S/C20H18ClN3O2/c1-13-4-2-5-14(8-13)9-18(25)24-11-16(12-24)20-22-19(23-26-20)15-6-3-7-17(21)10-15/h2-8,10,16H,9,11-12H2,1H3. The molecule has 3 aromatic rings. The number of carbonyl (C=O) groups excluding carboxylic acids is 1. The molecule has 0 atom stereocenters. The Morgan fingerprint density at radius 2 is 2.04 bits per heavy atom. The van der Waals surface area contributed by atoms with Crippen LogP contribution >= 0.6 is 11.6 Å². The summed E-state index contributed by atoms with van der Waals surface area (Å²) in [4.78, 5) is 18.7. The van der Waals surface area contributed by atoms with Crippen molar-refractivity contribution in [3.63, 3.8) is 0 Å². The van der Waals surface area contributed by atoms with Crippen LogP contribution in [-0.2, 0) is 11.2 Å². The van der Waals surface area contributed by atoms with Crippen molar-refractivity contribution in [2.45, 2.75) is 19.3 Å². The average Bonchev–Trinajstić information content (AvgIpc) is 3.03. The Kier molecular flexibility index (Phi) is 4.47. The van der Waals surface area contributed by atoms with E-state index < -0.39 is 0 Å². The molecule has 26 heavy (non-hydrogen) atoms. The van der Waals surface area contributed by atoms with Crippen LogP contribution in [0.15, 0.2) is 53.1 Å². The molecule has 5 nitrogen and oxygen atoms in total. The Morgan fingerprint density at radius 1 is 1.23 bits per heavy atom. The molecule has 132 valence electrons. The molecule has 0 N–H and O–H groups in total. The lowest BCUT2D eigenvalue weighted by atomic mass is 9.98. The maximum absolute atomic E-state index is 12.4. The number of aromatic nitrogens is 2. The molecule has 1 aliphatic heterocycles. The lowest BCUT2D eigenvalue weighted by molar-refractivity contribution is -0.135.